The Labute approximate surface area is 153 Å². The van der Waals surface area contributed by atoms with Gasteiger partial charge in [-0.15, -0.1) is 0 Å². The van der Waals surface area contributed by atoms with Gasteiger partial charge in [0, 0.05) is 5.69 Å². The summed E-state index contributed by atoms with van der Waals surface area (Å²) in [4.78, 5) is 38.7. The topological polar surface area (TPSA) is 104 Å². The molecular weight excluding hydrogens is 353 g/mol. The normalized spacial score (nSPS) is 12.1. The monoisotopic (exact) mass is 371 g/mol. The van der Waals surface area contributed by atoms with Crippen LogP contribution in [0.3, 0.4) is 0 Å². The lowest BCUT2D eigenvalue weighted by Gasteiger charge is -2.22. The van der Waals surface area contributed by atoms with Gasteiger partial charge in [-0.1, -0.05) is 26.0 Å². The Morgan fingerprint density at radius 1 is 1.15 bits per heavy atom. The van der Waals surface area contributed by atoms with E-state index in [1.165, 1.54) is 18.2 Å². The number of hydrogen-bond acceptors (Lipinski definition) is 4. The number of hydrogen-bond donors (Lipinski definition) is 3. The van der Waals surface area contributed by atoms with Gasteiger partial charge in [-0.2, -0.15) is 0 Å². The van der Waals surface area contributed by atoms with Gasteiger partial charge in [0.15, 0.2) is 5.58 Å². The van der Waals surface area contributed by atoms with Crippen LogP contribution >= 0.6 is 0 Å². The minimum atomic E-state index is -0.879. The van der Waals surface area contributed by atoms with E-state index in [9.17, 15) is 18.8 Å². The van der Waals surface area contributed by atoms with E-state index in [0.29, 0.717) is 16.8 Å². The second kappa shape index (κ2) is 7.45. The number of nitrogens with one attached hydrogen (secondary N) is 3. The Hall–Kier alpha value is -3.42. The van der Waals surface area contributed by atoms with Crippen LogP contribution in [0.1, 0.15) is 24.2 Å². The van der Waals surface area contributed by atoms with Crippen molar-refractivity contribution in [2.24, 2.45) is 5.92 Å². The van der Waals surface area contributed by atoms with Crippen molar-refractivity contribution in [1.29, 1.82) is 0 Å². The van der Waals surface area contributed by atoms with E-state index in [-0.39, 0.29) is 11.5 Å². The average Bonchev–Trinajstić information content (AvgIpc) is 2.98. The number of aromatic amines is 1. The third kappa shape index (κ3) is 4.05. The minimum absolute atomic E-state index is 0.131. The molecule has 2 amide bonds. The molecule has 0 spiro atoms. The maximum Gasteiger partial charge on any atom is 0.417 e. The first-order valence-corrected chi connectivity index (χ1v) is 8.34. The molecule has 0 saturated carbocycles. The number of H-pyrrole nitrogens is 1. The van der Waals surface area contributed by atoms with Crippen LogP contribution in [0.5, 0.6) is 0 Å². The van der Waals surface area contributed by atoms with Gasteiger partial charge in [0.05, 0.1) is 11.1 Å². The molecule has 140 valence electrons. The lowest BCUT2D eigenvalue weighted by molar-refractivity contribution is -0.118. The molecule has 3 rings (SSSR count). The summed E-state index contributed by atoms with van der Waals surface area (Å²) in [5.74, 6) is -2.62. The molecule has 0 radical (unpaired) electrons. The van der Waals surface area contributed by atoms with Crippen LogP contribution in [0.15, 0.2) is 51.7 Å². The van der Waals surface area contributed by atoms with Crippen LogP contribution in [0, 0.1) is 11.7 Å². The SMILES string of the molecule is CC(C)C(NC(=O)c1ccccc1F)C(=O)Nc1ccc2oc(=O)[nH]c2c1. The molecule has 0 aliphatic rings. The Kier molecular flexibility index (Phi) is 5.07. The highest BCUT2D eigenvalue weighted by atomic mass is 19.1. The predicted octanol–water partition coefficient (Wildman–Crippen LogP) is 2.65. The van der Waals surface area contributed by atoms with Gasteiger partial charge in [0.1, 0.15) is 11.9 Å². The highest BCUT2D eigenvalue weighted by Crippen LogP contribution is 2.17. The predicted molar refractivity (Wildman–Crippen MR) is 98.0 cm³/mol. The zero-order valence-electron chi connectivity index (χ0n) is 14.7. The van der Waals surface area contributed by atoms with Crippen LogP contribution in [-0.4, -0.2) is 22.8 Å². The lowest BCUT2D eigenvalue weighted by Crippen LogP contribution is -2.47. The molecule has 0 saturated heterocycles. The van der Waals surface area contributed by atoms with Gasteiger partial charge in [-0.3, -0.25) is 14.6 Å². The molecule has 0 fully saturated rings. The Balaban J connectivity index is 1.77. The van der Waals surface area contributed by atoms with Crippen molar-refractivity contribution >= 4 is 28.6 Å². The third-order valence-electron chi connectivity index (χ3n) is 4.04. The molecule has 0 aliphatic carbocycles. The molecule has 27 heavy (non-hydrogen) atoms. The van der Waals surface area contributed by atoms with Gasteiger partial charge < -0.3 is 15.1 Å². The summed E-state index contributed by atoms with van der Waals surface area (Å²) in [6.45, 7) is 3.53. The summed E-state index contributed by atoms with van der Waals surface area (Å²) in [5, 5.41) is 5.25. The Bertz CT molecular complexity index is 1050. The number of benzene rings is 2. The van der Waals surface area contributed by atoms with E-state index in [2.05, 4.69) is 15.6 Å². The number of aromatic nitrogens is 1. The number of oxazole rings is 1. The fourth-order valence-electron chi connectivity index (χ4n) is 2.65. The minimum Gasteiger partial charge on any atom is -0.408 e. The van der Waals surface area contributed by atoms with Crippen molar-refractivity contribution in [1.82, 2.24) is 10.3 Å². The fourth-order valence-corrected chi connectivity index (χ4v) is 2.65. The van der Waals surface area contributed by atoms with E-state index in [1.54, 1.807) is 38.1 Å². The van der Waals surface area contributed by atoms with Gasteiger partial charge in [-0.25, -0.2) is 9.18 Å². The molecule has 1 atom stereocenters. The molecule has 0 bridgehead atoms. The number of carbonyl (C=O) groups is 2. The van der Waals surface area contributed by atoms with Crippen LogP contribution in [0.25, 0.3) is 11.1 Å². The second-order valence-electron chi connectivity index (χ2n) is 6.39. The number of amides is 2. The summed E-state index contributed by atoms with van der Waals surface area (Å²) < 4.78 is 18.7. The molecular formula is C19H18FN3O4. The van der Waals surface area contributed by atoms with Gasteiger partial charge in [0.2, 0.25) is 5.91 Å². The molecule has 1 unspecified atom stereocenters. The smallest absolute Gasteiger partial charge is 0.408 e. The summed E-state index contributed by atoms with van der Waals surface area (Å²) in [7, 11) is 0. The number of fused-ring (bicyclic) bond motifs is 1. The zero-order valence-corrected chi connectivity index (χ0v) is 14.7. The van der Waals surface area contributed by atoms with Crippen LogP contribution in [0.2, 0.25) is 0 Å². The average molecular weight is 371 g/mol. The quantitative estimate of drug-likeness (QED) is 0.641. The summed E-state index contributed by atoms with van der Waals surface area (Å²) in [6, 6.07) is 9.35. The lowest BCUT2D eigenvalue weighted by atomic mass is 10.0. The van der Waals surface area contributed by atoms with Crippen LogP contribution in [0.4, 0.5) is 10.1 Å². The largest absolute Gasteiger partial charge is 0.417 e. The maximum atomic E-state index is 13.8. The first-order chi connectivity index (χ1) is 12.8. The molecule has 2 aromatic carbocycles. The number of rotatable bonds is 5. The molecule has 1 heterocycles. The van der Waals surface area contributed by atoms with Crippen molar-refractivity contribution in [3.05, 3.63) is 64.4 Å². The van der Waals surface area contributed by atoms with E-state index >= 15 is 0 Å². The van der Waals surface area contributed by atoms with Gasteiger partial charge in [0.25, 0.3) is 5.91 Å². The summed E-state index contributed by atoms with van der Waals surface area (Å²) >= 11 is 0. The van der Waals surface area contributed by atoms with E-state index in [4.69, 9.17) is 4.42 Å². The molecule has 0 aliphatic heterocycles. The third-order valence-corrected chi connectivity index (χ3v) is 4.04. The van der Waals surface area contributed by atoms with Crippen molar-refractivity contribution in [3.8, 4) is 0 Å². The van der Waals surface area contributed by atoms with Crippen LogP contribution < -0.4 is 16.4 Å². The highest BCUT2D eigenvalue weighted by Gasteiger charge is 2.26. The van der Waals surface area contributed by atoms with Gasteiger partial charge in [-0.05, 0) is 36.2 Å². The van der Waals surface area contributed by atoms with Crippen molar-refractivity contribution < 1.29 is 18.4 Å². The molecule has 7 nitrogen and oxygen atoms in total. The number of anilines is 1. The highest BCUT2D eigenvalue weighted by molar-refractivity contribution is 6.01. The Morgan fingerprint density at radius 3 is 2.59 bits per heavy atom. The molecule has 1 aromatic heterocycles. The van der Waals surface area contributed by atoms with Crippen molar-refractivity contribution in [2.45, 2.75) is 19.9 Å². The molecule has 8 heteroatoms. The van der Waals surface area contributed by atoms with E-state index in [0.717, 1.165) is 0 Å². The van der Waals surface area contributed by atoms with E-state index < -0.39 is 29.4 Å². The van der Waals surface area contributed by atoms with Crippen molar-refractivity contribution in [3.63, 3.8) is 0 Å². The first-order valence-electron chi connectivity index (χ1n) is 8.34. The standard InChI is InChI=1S/C19H18FN3O4/c1-10(2)16(23-17(24)12-5-3-4-6-13(12)20)18(25)21-11-7-8-15-14(9-11)22-19(26)27-15/h3-10,16H,1-2H3,(H,21,25)(H,22,26)(H,23,24). The number of halogens is 1. The molecule has 3 aromatic rings. The summed E-state index contributed by atoms with van der Waals surface area (Å²) in [6.07, 6.45) is 0. The van der Waals surface area contributed by atoms with Gasteiger partial charge >= 0.3 is 5.76 Å². The van der Waals surface area contributed by atoms with E-state index in [1.807, 2.05) is 0 Å². The second-order valence-corrected chi connectivity index (χ2v) is 6.39. The van der Waals surface area contributed by atoms with Crippen LogP contribution in [-0.2, 0) is 4.79 Å². The maximum absolute atomic E-state index is 13.8. The molecule has 3 N–H and O–H groups in total. The number of carbonyl (C=O) groups excluding carboxylic acids is 2. The summed E-state index contributed by atoms with van der Waals surface area (Å²) in [5.41, 5.74) is 1.10. The fraction of sp³-hybridized carbons (Fsp3) is 0.211. The Morgan fingerprint density at radius 2 is 1.89 bits per heavy atom. The first kappa shape index (κ1) is 18.4. The zero-order chi connectivity index (χ0) is 19.6. The van der Waals surface area contributed by atoms with Crippen molar-refractivity contribution in [2.75, 3.05) is 5.32 Å².